The van der Waals surface area contributed by atoms with Crippen LogP contribution in [-0.4, -0.2) is 10.6 Å². The highest BCUT2D eigenvalue weighted by Gasteiger charge is 2.38. The summed E-state index contributed by atoms with van der Waals surface area (Å²) in [6, 6.07) is 12.2. The van der Waals surface area contributed by atoms with Crippen molar-refractivity contribution in [1.82, 2.24) is 0 Å². The molecule has 0 aliphatic heterocycles. The summed E-state index contributed by atoms with van der Waals surface area (Å²) < 4.78 is 29.6. The Labute approximate surface area is 134 Å². The lowest BCUT2D eigenvalue weighted by Gasteiger charge is -2.30. The summed E-state index contributed by atoms with van der Waals surface area (Å²) in [6.07, 6.45) is -1.60. The highest BCUT2D eigenvalue weighted by atomic mass is 19.2. The van der Waals surface area contributed by atoms with Gasteiger partial charge >= 0.3 is 0 Å². The Kier molecular flexibility index (Phi) is 4.78. The van der Waals surface area contributed by atoms with E-state index in [4.69, 9.17) is 0 Å². The number of benzene rings is 2. The monoisotopic (exact) mass is 319 g/mol. The lowest BCUT2D eigenvalue weighted by atomic mass is 9.80. The van der Waals surface area contributed by atoms with Gasteiger partial charge in [0.2, 0.25) is 0 Å². The Morgan fingerprint density at radius 2 is 1.48 bits per heavy atom. The topological polar surface area (TPSA) is 43.1 Å². The van der Waals surface area contributed by atoms with Gasteiger partial charge in [0, 0.05) is 12.1 Å². The molecule has 0 radical (unpaired) electrons. The van der Waals surface area contributed by atoms with Gasteiger partial charge in [0.1, 0.15) is 11.8 Å². The van der Waals surface area contributed by atoms with E-state index >= 15 is 4.39 Å². The zero-order valence-corrected chi connectivity index (χ0v) is 13.3. The number of hydrogen-bond acceptors (Lipinski definition) is 2. The van der Waals surface area contributed by atoms with E-state index in [9.17, 15) is 14.5 Å². The molecule has 5 heteroatoms. The zero-order valence-electron chi connectivity index (χ0n) is 13.3. The van der Waals surface area contributed by atoms with Crippen LogP contribution in [0.5, 0.6) is 0 Å². The van der Waals surface area contributed by atoms with Crippen LogP contribution in [0, 0.1) is 17.0 Å². The van der Waals surface area contributed by atoms with Gasteiger partial charge in [-0.2, -0.15) is 0 Å². The molecular weight excluding hydrogens is 300 g/mol. The van der Waals surface area contributed by atoms with Gasteiger partial charge in [0.15, 0.2) is 0 Å². The zero-order chi connectivity index (χ0) is 17.2. The molecule has 0 bridgehead atoms. The second-order valence-corrected chi connectivity index (χ2v) is 6.20. The van der Waals surface area contributed by atoms with Crippen LogP contribution < -0.4 is 0 Å². The minimum atomic E-state index is -1.78. The van der Waals surface area contributed by atoms with Gasteiger partial charge in [-0.25, -0.2) is 8.78 Å². The van der Waals surface area contributed by atoms with E-state index in [0.717, 1.165) is 5.56 Å². The molecule has 0 saturated carbocycles. The lowest BCUT2D eigenvalue weighted by Crippen LogP contribution is -2.28. The Bertz CT molecular complexity index is 676. The number of hydrogen-bond donors (Lipinski definition) is 0. The van der Waals surface area contributed by atoms with E-state index in [-0.39, 0.29) is 11.3 Å². The fourth-order valence-electron chi connectivity index (χ4n) is 2.66. The van der Waals surface area contributed by atoms with Gasteiger partial charge in [-0.1, -0.05) is 29.8 Å². The summed E-state index contributed by atoms with van der Waals surface area (Å²) >= 11 is 0. The van der Waals surface area contributed by atoms with E-state index in [1.807, 2.05) is 19.1 Å². The molecule has 0 saturated heterocycles. The van der Waals surface area contributed by atoms with Crippen LogP contribution in [0.1, 0.15) is 42.6 Å². The molecule has 0 N–H and O–H groups in total. The lowest BCUT2D eigenvalue weighted by molar-refractivity contribution is -0.384. The van der Waals surface area contributed by atoms with Crippen LogP contribution in [-0.2, 0) is 0 Å². The van der Waals surface area contributed by atoms with Crippen molar-refractivity contribution in [1.29, 1.82) is 0 Å². The normalized spacial score (nSPS) is 14.3. The number of non-ortho nitro benzene ring substituents is 1. The van der Waals surface area contributed by atoms with E-state index in [1.165, 1.54) is 38.1 Å². The third-order valence-corrected chi connectivity index (χ3v) is 3.89. The predicted molar refractivity (Wildman–Crippen MR) is 86.1 cm³/mol. The molecule has 0 aromatic heterocycles. The van der Waals surface area contributed by atoms with Crippen LogP contribution in [0.15, 0.2) is 48.5 Å². The number of halogens is 2. The average molecular weight is 319 g/mol. The standard InChI is InChI=1S/C18H19F2NO2/c1-12-4-6-13(7-5-12)16(18(2,3)20)17(19)14-8-10-15(11-9-14)21(22)23/h4-11,16-17H,1-3H3/t16-,17+/m1/s1. The van der Waals surface area contributed by atoms with Crippen molar-refractivity contribution in [3.8, 4) is 0 Å². The van der Waals surface area contributed by atoms with Crippen molar-refractivity contribution < 1.29 is 13.7 Å². The quantitative estimate of drug-likeness (QED) is 0.543. The summed E-state index contributed by atoms with van der Waals surface area (Å²) in [7, 11) is 0. The molecular formula is C18H19F2NO2. The van der Waals surface area contributed by atoms with Crippen LogP contribution >= 0.6 is 0 Å². The van der Waals surface area contributed by atoms with Crippen molar-refractivity contribution in [2.45, 2.75) is 38.5 Å². The highest BCUT2D eigenvalue weighted by Crippen LogP contribution is 2.43. The molecule has 0 unspecified atom stereocenters. The number of nitrogens with zero attached hydrogens (tertiary/aromatic N) is 1. The third kappa shape index (κ3) is 3.92. The Balaban J connectivity index is 2.39. The molecule has 122 valence electrons. The number of nitro benzene ring substituents is 1. The van der Waals surface area contributed by atoms with E-state index in [2.05, 4.69) is 0 Å². The Morgan fingerprint density at radius 1 is 1.00 bits per heavy atom. The maximum atomic E-state index is 15.0. The van der Waals surface area contributed by atoms with Crippen LogP contribution in [0.2, 0.25) is 0 Å². The van der Waals surface area contributed by atoms with Crippen LogP contribution in [0.25, 0.3) is 0 Å². The second-order valence-electron chi connectivity index (χ2n) is 6.20. The number of nitro groups is 1. The highest BCUT2D eigenvalue weighted by molar-refractivity contribution is 5.36. The number of alkyl halides is 2. The van der Waals surface area contributed by atoms with Crippen molar-refractivity contribution >= 4 is 5.69 Å². The fourth-order valence-corrected chi connectivity index (χ4v) is 2.66. The Morgan fingerprint density at radius 3 is 1.91 bits per heavy atom. The first-order valence-electron chi connectivity index (χ1n) is 7.34. The number of rotatable bonds is 5. The van der Waals surface area contributed by atoms with Crippen molar-refractivity contribution in [2.24, 2.45) is 0 Å². The SMILES string of the molecule is Cc1ccc([C@H]([C@@H](F)c2ccc([N+](=O)[O-])cc2)C(C)(C)F)cc1. The molecule has 0 spiro atoms. The van der Waals surface area contributed by atoms with Crippen molar-refractivity contribution in [3.05, 3.63) is 75.3 Å². The van der Waals surface area contributed by atoms with E-state index in [1.54, 1.807) is 12.1 Å². The summed E-state index contributed by atoms with van der Waals surface area (Å²) in [6.45, 7) is 4.59. The smallest absolute Gasteiger partial charge is 0.258 e. The first kappa shape index (κ1) is 17.1. The predicted octanol–water partition coefficient (Wildman–Crippen LogP) is 5.45. The fraction of sp³-hybridized carbons (Fsp3) is 0.333. The second kappa shape index (κ2) is 6.44. The molecule has 3 nitrogen and oxygen atoms in total. The van der Waals surface area contributed by atoms with Gasteiger partial charge < -0.3 is 0 Å². The largest absolute Gasteiger partial charge is 0.269 e. The summed E-state index contributed by atoms with van der Waals surface area (Å²) in [5, 5.41) is 10.7. The minimum absolute atomic E-state index is 0.118. The molecule has 0 heterocycles. The Hall–Kier alpha value is -2.30. The van der Waals surface area contributed by atoms with Gasteiger partial charge in [0.25, 0.3) is 5.69 Å². The maximum Gasteiger partial charge on any atom is 0.269 e. The molecule has 2 rings (SSSR count). The minimum Gasteiger partial charge on any atom is -0.258 e. The number of aryl methyl sites for hydroxylation is 1. The van der Waals surface area contributed by atoms with Gasteiger partial charge in [-0.05, 0) is 44.0 Å². The molecule has 2 aromatic carbocycles. The maximum absolute atomic E-state index is 15.0. The molecule has 0 aliphatic rings. The molecule has 0 aliphatic carbocycles. The molecule has 0 fully saturated rings. The van der Waals surface area contributed by atoms with E-state index in [0.29, 0.717) is 5.56 Å². The summed E-state index contributed by atoms with van der Waals surface area (Å²) in [4.78, 5) is 10.1. The van der Waals surface area contributed by atoms with Gasteiger partial charge in [-0.15, -0.1) is 0 Å². The molecule has 23 heavy (non-hydrogen) atoms. The molecule has 2 atom stereocenters. The van der Waals surface area contributed by atoms with Crippen molar-refractivity contribution in [3.63, 3.8) is 0 Å². The summed E-state index contributed by atoms with van der Waals surface area (Å²) in [5.74, 6) is -0.996. The average Bonchev–Trinajstić information content (AvgIpc) is 2.48. The summed E-state index contributed by atoms with van der Waals surface area (Å²) in [5.41, 5.74) is -0.0979. The van der Waals surface area contributed by atoms with Crippen LogP contribution in [0.3, 0.4) is 0 Å². The third-order valence-electron chi connectivity index (χ3n) is 3.89. The van der Waals surface area contributed by atoms with Crippen LogP contribution in [0.4, 0.5) is 14.5 Å². The molecule has 2 aromatic rings. The van der Waals surface area contributed by atoms with Gasteiger partial charge in [-0.3, -0.25) is 10.1 Å². The first-order valence-corrected chi connectivity index (χ1v) is 7.34. The van der Waals surface area contributed by atoms with E-state index < -0.39 is 22.7 Å². The van der Waals surface area contributed by atoms with Crippen molar-refractivity contribution in [2.75, 3.05) is 0 Å². The molecule has 0 amide bonds. The van der Waals surface area contributed by atoms with Gasteiger partial charge in [0.05, 0.1) is 10.8 Å². The first-order chi connectivity index (χ1) is 10.7.